The molecule has 1 saturated heterocycles. The highest BCUT2D eigenvalue weighted by Gasteiger charge is 2.56. The lowest BCUT2D eigenvalue weighted by Crippen LogP contribution is -2.33. The zero-order valence-electron chi connectivity index (χ0n) is 20.4. The third-order valence-electron chi connectivity index (χ3n) is 6.82. The summed E-state index contributed by atoms with van der Waals surface area (Å²) in [7, 11) is 0. The number of aromatic nitrogens is 1. The van der Waals surface area contributed by atoms with Gasteiger partial charge in [-0.3, -0.25) is 23.7 Å². The molecule has 0 saturated carbocycles. The SMILES string of the molecule is O=C(Cn1c2c(sc1=O)C(c1ccc(O)cc1)C1C(=O)N(c3ccc(Cl)cc3)C(=O)C1S2)Nc1ccc(Cl)cc1. The first kappa shape index (κ1) is 26.6. The van der Waals surface area contributed by atoms with Gasteiger partial charge in [-0.1, -0.05) is 58.4 Å². The van der Waals surface area contributed by atoms with Crippen LogP contribution in [0.4, 0.5) is 11.4 Å². The third kappa shape index (κ3) is 4.71. The number of anilines is 2. The second-order valence-corrected chi connectivity index (χ2v) is 12.3. The van der Waals surface area contributed by atoms with Gasteiger partial charge in [0, 0.05) is 26.5 Å². The van der Waals surface area contributed by atoms with Crippen LogP contribution in [-0.4, -0.2) is 32.6 Å². The van der Waals surface area contributed by atoms with Crippen LogP contribution in [0.2, 0.25) is 10.0 Å². The summed E-state index contributed by atoms with van der Waals surface area (Å²) >= 11 is 14.0. The number of benzene rings is 3. The second-order valence-electron chi connectivity index (χ2n) is 9.30. The molecule has 0 aliphatic carbocycles. The average Bonchev–Trinajstić information content (AvgIpc) is 3.37. The zero-order chi connectivity index (χ0) is 28.1. The first-order chi connectivity index (χ1) is 19.2. The molecule has 202 valence electrons. The average molecular weight is 613 g/mol. The molecule has 2 aliphatic heterocycles. The van der Waals surface area contributed by atoms with Crippen molar-refractivity contribution in [3.63, 3.8) is 0 Å². The van der Waals surface area contributed by atoms with Crippen LogP contribution >= 0.6 is 46.3 Å². The Morgan fingerprint density at radius 1 is 0.875 bits per heavy atom. The number of imide groups is 1. The number of carbonyl (C=O) groups excluding carboxylic acids is 3. The Hall–Kier alpha value is -3.57. The number of amides is 3. The minimum Gasteiger partial charge on any atom is -0.508 e. The standard InChI is InChI=1S/C28H19Cl2N3O5S2/c29-15-3-7-17(8-4-15)31-20(35)13-32-27-24(40-28(32)38)21(14-1-11-19(34)12-2-14)22-23(39-27)26(37)33(25(22)36)18-9-5-16(30)6-10-18/h1-12,21-23,34H,13H2,(H,31,35). The largest absolute Gasteiger partial charge is 0.508 e. The van der Waals surface area contributed by atoms with Crippen LogP contribution in [0.1, 0.15) is 16.4 Å². The van der Waals surface area contributed by atoms with E-state index in [1.165, 1.54) is 16.7 Å². The van der Waals surface area contributed by atoms with E-state index < -0.39 is 28.9 Å². The number of hydrogen-bond donors (Lipinski definition) is 2. The van der Waals surface area contributed by atoms with E-state index in [0.29, 0.717) is 36.9 Å². The van der Waals surface area contributed by atoms with Crippen LogP contribution in [0.3, 0.4) is 0 Å². The van der Waals surface area contributed by atoms with Crippen molar-refractivity contribution in [2.75, 3.05) is 10.2 Å². The van der Waals surface area contributed by atoms with Crippen molar-refractivity contribution in [2.24, 2.45) is 5.92 Å². The van der Waals surface area contributed by atoms with Gasteiger partial charge in [0.25, 0.3) is 0 Å². The molecule has 4 aromatic rings. The van der Waals surface area contributed by atoms with Crippen LogP contribution in [0.15, 0.2) is 82.6 Å². The Labute approximate surface area is 246 Å². The molecule has 3 unspecified atom stereocenters. The van der Waals surface area contributed by atoms with Crippen LogP contribution in [-0.2, 0) is 20.9 Å². The number of thiazole rings is 1. The smallest absolute Gasteiger partial charge is 0.308 e. The van der Waals surface area contributed by atoms with Crippen molar-refractivity contribution in [1.29, 1.82) is 0 Å². The maximum absolute atomic E-state index is 13.8. The van der Waals surface area contributed by atoms with Crippen molar-refractivity contribution < 1.29 is 19.5 Å². The number of carbonyl (C=O) groups is 3. The molecule has 2 aliphatic rings. The summed E-state index contributed by atoms with van der Waals surface area (Å²) in [5.41, 5.74) is 1.60. The molecule has 3 aromatic carbocycles. The number of hydrogen-bond acceptors (Lipinski definition) is 7. The van der Waals surface area contributed by atoms with Crippen molar-refractivity contribution >= 4 is 75.4 Å². The predicted octanol–water partition coefficient (Wildman–Crippen LogP) is 5.36. The summed E-state index contributed by atoms with van der Waals surface area (Å²) < 4.78 is 1.35. The van der Waals surface area contributed by atoms with E-state index >= 15 is 0 Å². The highest BCUT2D eigenvalue weighted by molar-refractivity contribution is 8.00. The minimum absolute atomic E-state index is 0.0481. The van der Waals surface area contributed by atoms with Gasteiger partial charge in [0.05, 0.1) is 16.6 Å². The lowest BCUT2D eigenvalue weighted by Gasteiger charge is -2.30. The van der Waals surface area contributed by atoms with Crippen molar-refractivity contribution in [2.45, 2.75) is 22.7 Å². The number of halogens is 2. The Kier molecular flexibility index (Phi) is 6.95. The van der Waals surface area contributed by atoms with Crippen molar-refractivity contribution in [3.05, 3.63) is 103 Å². The fourth-order valence-electron chi connectivity index (χ4n) is 5.02. The Bertz CT molecular complexity index is 1700. The summed E-state index contributed by atoms with van der Waals surface area (Å²) in [6.07, 6.45) is 0. The maximum Gasteiger partial charge on any atom is 0.308 e. The molecular formula is C28H19Cl2N3O5S2. The van der Waals surface area contributed by atoms with Gasteiger partial charge in [0.2, 0.25) is 17.7 Å². The molecule has 1 fully saturated rings. The number of phenols is 1. The van der Waals surface area contributed by atoms with E-state index in [0.717, 1.165) is 28.0 Å². The fraction of sp³-hybridized carbons (Fsp3) is 0.143. The van der Waals surface area contributed by atoms with E-state index in [1.807, 2.05) is 0 Å². The fourth-order valence-corrected chi connectivity index (χ4v) is 8.04. The second kappa shape index (κ2) is 10.4. The summed E-state index contributed by atoms with van der Waals surface area (Å²) in [5.74, 6) is -2.60. The van der Waals surface area contributed by atoms with Crippen LogP contribution in [0.25, 0.3) is 0 Å². The molecule has 6 rings (SSSR count). The van der Waals surface area contributed by atoms with E-state index in [2.05, 4.69) is 5.32 Å². The van der Waals surface area contributed by atoms with Gasteiger partial charge in [-0.2, -0.15) is 0 Å². The Balaban J connectivity index is 1.40. The number of thioether (sulfide) groups is 1. The Morgan fingerprint density at radius 2 is 1.50 bits per heavy atom. The summed E-state index contributed by atoms with van der Waals surface area (Å²) in [6.45, 7) is -0.275. The van der Waals surface area contributed by atoms with Crippen LogP contribution in [0, 0.1) is 5.92 Å². The molecule has 0 radical (unpaired) electrons. The van der Waals surface area contributed by atoms with Gasteiger partial charge in [0.15, 0.2) is 0 Å². The first-order valence-corrected chi connectivity index (χ1v) is 14.5. The molecule has 3 heterocycles. The topological polar surface area (TPSA) is 109 Å². The maximum atomic E-state index is 13.8. The molecule has 40 heavy (non-hydrogen) atoms. The molecule has 3 atom stereocenters. The van der Waals surface area contributed by atoms with Gasteiger partial charge in [-0.25, -0.2) is 4.90 Å². The Morgan fingerprint density at radius 3 is 2.15 bits per heavy atom. The minimum atomic E-state index is -0.825. The predicted molar refractivity (Wildman–Crippen MR) is 156 cm³/mol. The molecule has 8 nitrogen and oxygen atoms in total. The molecule has 0 bridgehead atoms. The number of nitrogens with one attached hydrogen (secondary N) is 1. The third-order valence-corrected chi connectivity index (χ3v) is 9.92. The summed E-state index contributed by atoms with van der Waals surface area (Å²) in [5, 5.41) is 13.3. The van der Waals surface area contributed by atoms with E-state index in [9.17, 15) is 24.3 Å². The molecule has 0 spiro atoms. The van der Waals surface area contributed by atoms with E-state index in [4.69, 9.17) is 23.2 Å². The number of fused-ring (bicyclic) bond motifs is 2. The molecule has 1 aromatic heterocycles. The summed E-state index contributed by atoms with van der Waals surface area (Å²) in [6, 6.07) is 19.4. The molecule has 12 heteroatoms. The van der Waals surface area contributed by atoms with Gasteiger partial charge in [0.1, 0.15) is 17.5 Å². The zero-order valence-corrected chi connectivity index (χ0v) is 23.6. The number of rotatable bonds is 5. The lowest BCUT2D eigenvalue weighted by molar-refractivity contribution is -0.122. The van der Waals surface area contributed by atoms with Crippen LogP contribution in [0.5, 0.6) is 5.75 Å². The lowest BCUT2D eigenvalue weighted by atomic mass is 9.83. The monoisotopic (exact) mass is 611 g/mol. The van der Waals surface area contributed by atoms with Gasteiger partial charge in [-0.15, -0.1) is 0 Å². The van der Waals surface area contributed by atoms with E-state index in [-0.39, 0.29) is 23.1 Å². The number of nitrogens with zero attached hydrogens (tertiary/aromatic N) is 2. The number of phenolic OH excluding ortho intramolecular Hbond substituents is 1. The van der Waals surface area contributed by atoms with Gasteiger partial charge >= 0.3 is 4.87 Å². The summed E-state index contributed by atoms with van der Waals surface area (Å²) in [4.78, 5) is 55.1. The van der Waals surface area contributed by atoms with Crippen molar-refractivity contribution in [3.8, 4) is 5.75 Å². The van der Waals surface area contributed by atoms with Gasteiger partial charge in [-0.05, 0) is 66.2 Å². The molecule has 2 N–H and O–H groups in total. The highest BCUT2D eigenvalue weighted by atomic mass is 35.5. The van der Waals surface area contributed by atoms with Gasteiger partial charge < -0.3 is 10.4 Å². The number of aromatic hydroxyl groups is 1. The quantitative estimate of drug-likeness (QED) is 0.294. The van der Waals surface area contributed by atoms with Crippen LogP contribution < -0.4 is 15.1 Å². The van der Waals surface area contributed by atoms with Crippen molar-refractivity contribution in [1.82, 2.24) is 4.57 Å². The first-order valence-electron chi connectivity index (χ1n) is 12.1. The normalized spacial score (nSPS) is 19.9. The van der Waals surface area contributed by atoms with E-state index in [1.54, 1.807) is 60.7 Å². The molecular weight excluding hydrogens is 593 g/mol. The molecule has 3 amide bonds. The highest BCUT2D eigenvalue weighted by Crippen LogP contribution is 2.54.